The predicted molar refractivity (Wildman–Crippen MR) is 73.0 cm³/mol. The summed E-state index contributed by atoms with van der Waals surface area (Å²) in [5, 5.41) is 0. The molecule has 0 atom stereocenters. The van der Waals surface area contributed by atoms with Crippen molar-refractivity contribution in [2.45, 2.75) is 16.7 Å². The van der Waals surface area contributed by atoms with Gasteiger partial charge >= 0.3 is 0 Å². The lowest BCUT2D eigenvalue weighted by molar-refractivity contribution is 0.575. The fourth-order valence-electron chi connectivity index (χ4n) is 1.46. The van der Waals surface area contributed by atoms with E-state index in [9.17, 15) is 16.8 Å². The lowest BCUT2D eigenvalue weighted by Crippen LogP contribution is -2.23. The molecule has 0 aliphatic carbocycles. The SMILES string of the molecule is Cc1ccc(S(=O)(=O)[N]S(=O)(=O)c2[c]cccc2)cc1. The summed E-state index contributed by atoms with van der Waals surface area (Å²) in [4.78, 5) is -0.446. The molecule has 2 aromatic carbocycles. The van der Waals surface area contributed by atoms with E-state index in [0.29, 0.717) is 0 Å². The molecular weight excluding hydrogens is 298 g/mol. The topological polar surface area (TPSA) is 82.4 Å². The molecule has 0 saturated heterocycles. The van der Waals surface area contributed by atoms with Gasteiger partial charge in [-0.15, -0.1) is 0 Å². The number of nitrogens with zero attached hydrogens (tertiary/aromatic N) is 1. The van der Waals surface area contributed by atoms with Gasteiger partial charge in [-0.2, -0.15) is 0 Å². The van der Waals surface area contributed by atoms with Crippen molar-refractivity contribution in [3.63, 3.8) is 0 Å². The van der Waals surface area contributed by atoms with E-state index in [2.05, 4.69) is 10.2 Å². The molecule has 2 rings (SSSR count). The van der Waals surface area contributed by atoms with Gasteiger partial charge < -0.3 is 0 Å². The highest BCUT2D eigenvalue weighted by Gasteiger charge is 2.26. The van der Waals surface area contributed by atoms with Crippen molar-refractivity contribution in [3.8, 4) is 0 Å². The second kappa shape index (κ2) is 5.35. The van der Waals surface area contributed by atoms with Crippen LogP contribution in [-0.4, -0.2) is 16.8 Å². The molecule has 0 aliphatic rings. The Bertz CT molecular complexity index is 795. The average Bonchev–Trinajstić information content (AvgIpc) is 2.39. The highest BCUT2D eigenvalue weighted by atomic mass is 32.3. The Hall–Kier alpha value is -1.70. The molecular formula is C13H11NO4S2. The van der Waals surface area contributed by atoms with Gasteiger partial charge in [0.1, 0.15) is 0 Å². The standard InChI is InChI=1S/C13H11NO4S2/c1-11-7-9-13(10-8-11)20(17,18)14-19(15,16)12-5-3-2-4-6-12/h2-5,7-10H,1H3. The molecule has 0 amide bonds. The molecule has 0 saturated carbocycles. The Kier molecular flexibility index (Phi) is 3.94. The van der Waals surface area contributed by atoms with Gasteiger partial charge in [-0.05, 0) is 25.1 Å². The number of sulfonamides is 2. The maximum atomic E-state index is 12.0. The van der Waals surface area contributed by atoms with Crippen LogP contribution in [0.3, 0.4) is 0 Å². The van der Waals surface area contributed by atoms with Crippen LogP contribution >= 0.6 is 0 Å². The quantitative estimate of drug-likeness (QED) is 0.856. The normalized spacial score (nSPS) is 12.2. The van der Waals surface area contributed by atoms with Crippen molar-refractivity contribution in [3.05, 3.63) is 60.2 Å². The summed E-state index contributed by atoms with van der Waals surface area (Å²) in [6, 6.07) is 13.9. The highest BCUT2D eigenvalue weighted by molar-refractivity contribution is 8.04. The Morgan fingerprint density at radius 1 is 0.900 bits per heavy atom. The third-order valence-corrected chi connectivity index (χ3v) is 5.72. The zero-order valence-corrected chi connectivity index (χ0v) is 12.1. The summed E-state index contributed by atoms with van der Waals surface area (Å²) in [5.74, 6) is 0. The molecule has 0 bridgehead atoms. The molecule has 0 heterocycles. The fourth-order valence-corrected chi connectivity index (χ4v) is 4.11. The van der Waals surface area contributed by atoms with Crippen LogP contribution in [0.5, 0.6) is 0 Å². The van der Waals surface area contributed by atoms with Crippen LogP contribution in [-0.2, 0) is 20.0 Å². The van der Waals surface area contributed by atoms with Gasteiger partial charge in [0.2, 0.25) is 0 Å². The van der Waals surface area contributed by atoms with E-state index in [-0.39, 0.29) is 9.79 Å². The molecule has 0 aliphatic heterocycles. The van der Waals surface area contributed by atoms with Crippen LogP contribution in [0.2, 0.25) is 0 Å². The Balaban J connectivity index is 2.36. The van der Waals surface area contributed by atoms with Gasteiger partial charge in [0.05, 0.1) is 9.79 Å². The Morgan fingerprint density at radius 3 is 2.10 bits per heavy atom. The van der Waals surface area contributed by atoms with Crippen molar-refractivity contribution < 1.29 is 16.8 Å². The molecule has 7 heteroatoms. The maximum Gasteiger partial charge on any atom is 0.272 e. The Labute approximate surface area is 118 Å². The molecule has 5 nitrogen and oxygen atoms in total. The number of rotatable bonds is 4. The van der Waals surface area contributed by atoms with E-state index in [0.717, 1.165) is 5.56 Å². The minimum absolute atomic E-state index is 0.164. The van der Waals surface area contributed by atoms with Crippen LogP contribution in [0.4, 0.5) is 0 Å². The van der Waals surface area contributed by atoms with Crippen LogP contribution < -0.4 is 4.13 Å². The zero-order valence-electron chi connectivity index (χ0n) is 10.5. The molecule has 20 heavy (non-hydrogen) atoms. The van der Waals surface area contributed by atoms with Crippen molar-refractivity contribution in [2.24, 2.45) is 0 Å². The largest absolute Gasteiger partial charge is 0.272 e. The zero-order chi connectivity index (χ0) is 14.8. The average molecular weight is 309 g/mol. The predicted octanol–water partition coefficient (Wildman–Crippen LogP) is 1.48. The van der Waals surface area contributed by atoms with Crippen molar-refractivity contribution in [1.29, 1.82) is 0 Å². The van der Waals surface area contributed by atoms with Crippen LogP contribution in [0.25, 0.3) is 0 Å². The molecule has 0 spiro atoms. The first-order chi connectivity index (χ1) is 9.31. The van der Waals surface area contributed by atoms with E-state index < -0.39 is 20.0 Å². The molecule has 0 unspecified atom stereocenters. The second-order valence-corrected chi connectivity index (χ2v) is 7.47. The number of hydrogen-bond acceptors (Lipinski definition) is 4. The molecule has 2 aromatic rings. The van der Waals surface area contributed by atoms with Gasteiger partial charge in [0.25, 0.3) is 20.0 Å². The van der Waals surface area contributed by atoms with Crippen LogP contribution in [0.1, 0.15) is 5.56 Å². The fraction of sp³-hybridized carbons (Fsp3) is 0.0769. The summed E-state index contributed by atoms with van der Waals surface area (Å²) in [5.41, 5.74) is 0.864. The third-order valence-electron chi connectivity index (χ3n) is 2.47. The van der Waals surface area contributed by atoms with E-state index in [1.54, 1.807) is 25.1 Å². The highest BCUT2D eigenvalue weighted by Crippen LogP contribution is 2.15. The second-order valence-electron chi connectivity index (χ2n) is 4.06. The summed E-state index contributed by atoms with van der Waals surface area (Å²) >= 11 is 0. The van der Waals surface area contributed by atoms with E-state index in [1.807, 2.05) is 0 Å². The van der Waals surface area contributed by atoms with Gasteiger partial charge in [0.15, 0.2) is 0 Å². The number of hydrogen-bond donors (Lipinski definition) is 0. The Morgan fingerprint density at radius 2 is 1.55 bits per heavy atom. The van der Waals surface area contributed by atoms with Gasteiger partial charge in [0, 0.05) is 10.2 Å². The van der Waals surface area contributed by atoms with Crippen molar-refractivity contribution >= 4 is 20.0 Å². The third kappa shape index (κ3) is 3.24. The van der Waals surface area contributed by atoms with Gasteiger partial charge in [-0.1, -0.05) is 35.9 Å². The summed E-state index contributed by atoms with van der Waals surface area (Å²) in [7, 11) is -8.56. The summed E-state index contributed by atoms with van der Waals surface area (Å²) in [6.45, 7) is 1.79. The van der Waals surface area contributed by atoms with Crippen LogP contribution in [0, 0.1) is 13.0 Å². The van der Waals surface area contributed by atoms with E-state index >= 15 is 0 Å². The summed E-state index contributed by atoms with van der Waals surface area (Å²) in [6.07, 6.45) is 0. The number of aryl methyl sites for hydroxylation is 1. The monoisotopic (exact) mass is 309 g/mol. The summed E-state index contributed by atoms with van der Waals surface area (Å²) < 4.78 is 50.8. The first-order valence-electron chi connectivity index (χ1n) is 5.59. The molecule has 0 N–H and O–H groups in total. The lowest BCUT2D eigenvalue weighted by atomic mass is 10.2. The number of benzene rings is 2. The van der Waals surface area contributed by atoms with Gasteiger partial charge in [-0.25, -0.2) is 16.8 Å². The molecule has 2 radical (unpaired) electrons. The minimum atomic E-state index is -4.29. The smallest absolute Gasteiger partial charge is 0.205 e. The van der Waals surface area contributed by atoms with Crippen molar-refractivity contribution in [1.82, 2.24) is 4.13 Å². The van der Waals surface area contributed by atoms with Crippen LogP contribution in [0.15, 0.2) is 58.3 Å². The first-order valence-corrected chi connectivity index (χ1v) is 8.47. The minimum Gasteiger partial charge on any atom is -0.205 e. The molecule has 0 fully saturated rings. The lowest BCUT2D eigenvalue weighted by Gasteiger charge is -2.05. The molecule has 104 valence electrons. The van der Waals surface area contributed by atoms with E-state index in [4.69, 9.17) is 0 Å². The van der Waals surface area contributed by atoms with Crippen molar-refractivity contribution in [2.75, 3.05) is 0 Å². The van der Waals surface area contributed by atoms with Gasteiger partial charge in [-0.3, -0.25) is 0 Å². The van der Waals surface area contributed by atoms with E-state index in [1.165, 1.54) is 30.3 Å². The first kappa shape index (κ1) is 14.7. The maximum absolute atomic E-state index is 12.0. The molecule has 0 aromatic heterocycles.